The zero-order chi connectivity index (χ0) is 14.5. The molecule has 1 aliphatic carbocycles. The van der Waals surface area contributed by atoms with Crippen LogP contribution in [0.3, 0.4) is 0 Å². The fourth-order valence-electron chi connectivity index (χ4n) is 4.43. The highest BCUT2D eigenvalue weighted by Gasteiger charge is 2.36. The van der Waals surface area contributed by atoms with Crippen LogP contribution >= 0.6 is 15.9 Å². The molecule has 2 rings (SSSR count). The maximum atomic E-state index is 3.85. The van der Waals surface area contributed by atoms with Crippen molar-refractivity contribution in [1.82, 2.24) is 4.90 Å². The lowest BCUT2D eigenvalue weighted by molar-refractivity contribution is 0.0614. The second-order valence-electron chi connectivity index (χ2n) is 7.53. The molecule has 1 nitrogen and oxygen atoms in total. The van der Waals surface area contributed by atoms with Gasteiger partial charge >= 0.3 is 0 Å². The molecule has 0 N–H and O–H groups in total. The quantitative estimate of drug-likeness (QED) is 0.462. The number of alkyl halides is 1. The Bertz CT molecular complexity index is 267. The SMILES string of the molecule is CCC1(CC)CCN(CC2(CBr)CCCCCC2)CC1. The molecule has 0 atom stereocenters. The van der Waals surface area contributed by atoms with Crippen LogP contribution in [0.15, 0.2) is 0 Å². The number of likely N-dealkylation sites (tertiary alicyclic amines) is 1. The van der Waals surface area contributed by atoms with Gasteiger partial charge in [0.25, 0.3) is 0 Å². The molecule has 0 unspecified atom stereocenters. The molecule has 0 aromatic rings. The maximum absolute atomic E-state index is 3.85. The number of hydrogen-bond donors (Lipinski definition) is 0. The predicted molar refractivity (Wildman–Crippen MR) is 92.6 cm³/mol. The van der Waals surface area contributed by atoms with E-state index >= 15 is 0 Å². The normalized spacial score (nSPS) is 27.1. The highest BCUT2D eigenvalue weighted by molar-refractivity contribution is 9.09. The summed E-state index contributed by atoms with van der Waals surface area (Å²) >= 11 is 3.85. The summed E-state index contributed by atoms with van der Waals surface area (Å²) in [5, 5.41) is 1.21. The monoisotopic (exact) mass is 343 g/mol. The molecule has 20 heavy (non-hydrogen) atoms. The molecule has 118 valence electrons. The van der Waals surface area contributed by atoms with Crippen LogP contribution in [0.25, 0.3) is 0 Å². The van der Waals surface area contributed by atoms with Crippen LogP contribution < -0.4 is 0 Å². The number of nitrogens with zero attached hydrogens (tertiary/aromatic N) is 1. The van der Waals surface area contributed by atoms with E-state index in [-0.39, 0.29) is 0 Å². The summed E-state index contributed by atoms with van der Waals surface area (Å²) in [4.78, 5) is 2.79. The largest absolute Gasteiger partial charge is 0.303 e. The molecule has 2 heteroatoms. The molecule has 0 radical (unpaired) electrons. The summed E-state index contributed by atoms with van der Waals surface area (Å²) in [7, 11) is 0. The van der Waals surface area contributed by atoms with Gasteiger partial charge in [0.15, 0.2) is 0 Å². The van der Waals surface area contributed by atoms with E-state index in [2.05, 4.69) is 34.7 Å². The summed E-state index contributed by atoms with van der Waals surface area (Å²) in [6, 6.07) is 0. The van der Waals surface area contributed by atoms with E-state index in [0.717, 1.165) is 0 Å². The Kier molecular flexibility index (Phi) is 6.41. The summed E-state index contributed by atoms with van der Waals surface area (Å²) in [5.74, 6) is 0. The maximum Gasteiger partial charge on any atom is 0.0100 e. The van der Waals surface area contributed by atoms with E-state index in [1.54, 1.807) is 0 Å². The summed E-state index contributed by atoms with van der Waals surface area (Å²) in [6.45, 7) is 8.82. The average molecular weight is 344 g/mol. The van der Waals surface area contributed by atoms with E-state index in [0.29, 0.717) is 10.8 Å². The number of halogens is 1. The zero-order valence-corrected chi connectivity index (χ0v) is 15.3. The fraction of sp³-hybridized carbons (Fsp3) is 1.00. The van der Waals surface area contributed by atoms with Crippen LogP contribution in [0, 0.1) is 10.8 Å². The Balaban J connectivity index is 1.90. The Hall–Kier alpha value is 0.440. The second kappa shape index (κ2) is 7.63. The average Bonchev–Trinajstić information content (AvgIpc) is 2.75. The number of piperidine rings is 1. The molecular formula is C18H34BrN. The van der Waals surface area contributed by atoms with Crippen LogP contribution in [0.4, 0.5) is 0 Å². The fourth-order valence-corrected chi connectivity index (χ4v) is 5.17. The summed E-state index contributed by atoms with van der Waals surface area (Å²) in [6.07, 6.45) is 14.3. The minimum Gasteiger partial charge on any atom is -0.303 e. The third-order valence-electron chi connectivity index (χ3n) is 6.42. The third-order valence-corrected chi connectivity index (χ3v) is 7.61. The molecule has 2 fully saturated rings. The van der Waals surface area contributed by atoms with E-state index in [1.807, 2.05) is 0 Å². The smallest absolute Gasteiger partial charge is 0.0100 e. The predicted octanol–water partition coefficient (Wildman–Crippen LogP) is 5.62. The van der Waals surface area contributed by atoms with Crippen LogP contribution in [0.5, 0.6) is 0 Å². The van der Waals surface area contributed by atoms with Gasteiger partial charge in [-0.05, 0) is 49.6 Å². The molecule has 1 aliphatic heterocycles. The molecule has 0 aromatic carbocycles. The van der Waals surface area contributed by atoms with Crippen LogP contribution in [0.1, 0.15) is 78.1 Å². The Labute approximate surface area is 135 Å². The molecule has 2 aliphatic rings. The van der Waals surface area contributed by atoms with Gasteiger partial charge < -0.3 is 4.90 Å². The Morgan fingerprint density at radius 3 is 1.80 bits per heavy atom. The van der Waals surface area contributed by atoms with E-state index in [9.17, 15) is 0 Å². The highest BCUT2D eigenvalue weighted by Crippen LogP contribution is 2.41. The van der Waals surface area contributed by atoms with Crippen molar-refractivity contribution in [3.63, 3.8) is 0 Å². The zero-order valence-electron chi connectivity index (χ0n) is 13.7. The number of rotatable bonds is 5. The van der Waals surface area contributed by atoms with Crippen LogP contribution in [-0.2, 0) is 0 Å². The summed E-state index contributed by atoms with van der Waals surface area (Å²) in [5.41, 5.74) is 1.25. The molecule has 1 heterocycles. The van der Waals surface area contributed by atoms with E-state index in [4.69, 9.17) is 0 Å². The minimum absolute atomic E-state index is 0.578. The van der Waals surface area contributed by atoms with E-state index < -0.39 is 0 Å². The first-order valence-electron chi connectivity index (χ1n) is 8.96. The minimum atomic E-state index is 0.578. The van der Waals surface area contributed by atoms with E-state index in [1.165, 1.54) is 89.2 Å². The first-order chi connectivity index (χ1) is 9.67. The molecule has 0 bridgehead atoms. The second-order valence-corrected chi connectivity index (χ2v) is 8.09. The van der Waals surface area contributed by atoms with Crippen LogP contribution in [-0.4, -0.2) is 29.9 Å². The first-order valence-corrected chi connectivity index (χ1v) is 10.1. The van der Waals surface area contributed by atoms with Gasteiger partial charge in [-0.1, -0.05) is 68.3 Å². The van der Waals surface area contributed by atoms with Crippen molar-refractivity contribution in [3.8, 4) is 0 Å². The van der Waals surface area contributed by atoms with Gasteiger partial charge in [-0.2, -0.15) is 0 Å². The van der Waals surface area contributed by atoms with Crippen molar-refractivity contribution in [3.05, 3.63) is 0 Å². The van der Waals surface area contributed by atoms with Gasteiger partial charge in [0.1, 0.15) is 0 Å². The molecule has 0 spiro atoms. The van der Waals surface area contributed by atoms with Crippen molar-refractivity contribution < 1.29 is 0 Å². The van der Waals surface area contributed by atoms with Gasteiger partial charge in [0.05, 0.1) is 0 Å². The highest BCUT2D eigenvalue weighted by atomic mass is 79.9. The Morgan fingerprint density at radius 1 is 0.800 bits per heavy atom. The first kappa shape index (κ1) is 16.8. The van der Waals surface area contributed by atoms with Crippen molar-refractivity contribution in [1.29, 1.82) is 0 Å². The standard InChI is InChI=1S/C18H34BrN/c1-3-17(4-2)11-13-20(14-12-17)16-18(15-19)9-7-5-6-8-10-18/h3-16H2,1-2H3. The molecule has 0 aromatic heterocycles. The van der Waals surface area contributed by atoms with Gasteiger partial charge in [0, 0.05) is 11.9 Å². The van der Waals surface area contributed by atoms with Gasteiger partial charge in [-0.25, -0.2) is 0 Å². The topological polar surface area (TPSA) is 3.24 Å². The third kappa shape index (κ3) is 4.00. The molecular weight excluding hydrogens is 310 g/mol. The van der Waals surface area contributed by atoms with Crippen LogP contribution in [0.2, 0.25) is 0 Å². The number of hydrogen-bond acceptors (Lipinski definition) is 1. The lowest BCUT2D eigenvalue weighted by atomic mass is 9.73. The van der Waals surface area contributed by atoms with Gasteiger partial charge in [0.2, 0.25) is 0 Å². The van der Waals surface area contributed by atoms with Crippen molar-refractivity contribution >= 4 is 15.9 Å². The lowest BCUT2D eigenvalue weighted by Crippen LogP contribution is -2.45. The van der Waals surface area contributed by atoms with Gasteiger partial charge in [-0.3, -0.25) is 0 Å². The molecule has 1 saturated heterocycles. The van der Waals surface area contributed by atoms with Gasteiger partial charge in [-0.15, -0.1) is 0 Å². The molecule has 1 saturated carbocycles. The summed E-state index contributed by atoms with van der Waals surface area (Å²) < 4.78 is 0. The van der Waals surface area contributed by atoms with Crippen molar-refractivity contribution in [2.24, 2.45) is 10.8 Å². The Morgan fingerprint density at radius 2 is 1.35 bits per heavy atom. The van der Waals surface area contributed by atoms with Crippen molar-refractivity contribution in [2.45, 2.75) is 78.1 Å². The molecule has 0 amide bonds. The van der Waals surface area contributed by atoms with Crippen molar-refractivity contribution in [2.75, 3.05) is 25.0 Å². The lowest BCUT2D eigenvalue weighted by Gasteiger charge is -2.44.